The number of amides is 4. The summed E-state index contributed by atoms with van der Waals surface area (Å²) in [6, 6.07) is 5.52. The SMILES string of the molecule is O=C1CCC(N2C(=O)c3ccc(CNC4CCC5NCCCC5C4)cc3C2=O)C(=O)N1. The standard InChI is InChI=1S/C23H28N4O4/c28-20-8-7-19(21(29)26-20)27-22(30)16-5-3-13(10-17(16)23(27)31)12-25-15-4-6-18-14(11-15)2-1-9-24-18/h3,5,10,14-15,18-19,24-25H,1-2,4,6-9,11-12H2,(H,26,28,29). The maximum atomic E-state index is 13.0. The monoisotopic (exact) mass is 424 g/mol. The van der Waals surface area contributed by atoms with Crippen LogP contribution in [-0.4, -0.2) is 53.2 Å². The van der Waals surface area contributed by atoms with Crippen LogP contribution in [0.4, 0.5) is 0 Å². The van der Waals surface area contributed by atoms with Crippen LogP contribution in [0.2, 0.25) is 0 Å². The van der Waals surface area contributed by atoms with Gasteiger partial charge in [-0.15, -0.1) is 0 Å². The summed E-state index contributed by atoms with van der Waals surface area (Å²) in [5, 5.41) is 9.50. The zero-order chi connectivity index (χ0) is 21.5. The van der Waals surface area contributed by atoms with E-state index in [4.69, 9.17) is 0 Å². The Morgan fingerprint density at radius 2 is 1.84 bits per heavy atom. The van der Waals surface area contributed by atoms with Crippen LogP contribution in [-0.2, 0) is 16.1 Å². The van der Waals surface area contributed by atoms with Gasteiger partial charge in [0.05, 0.1) is 11.1 Å². The van der Waals surface area contributed by atoms with E-state index >= 15 is 0 Å². The molecule has 1 aromatic rings. The van der Waals surface area contributed by atoms with E-state index in [0.717, 1.165) is 29.3 Å². The molecular formula is C23H28N4O4. The van der Waals surface area contributed by atoms with Gasteiger partial charge in [0.25, 0.3) is 11.8 Å². The quantitative estimate of drug-likeness (QED) is 0.625. The minimum atomic E-state index is -0.925. The predicted molar refractivity (Wildman–Crippen MR) is 112 cm³/mol. The lowest BCUT2D eigenvalue weighted by molar-refractivity contribution is -0.136. The maximum Gasteiger partial charge on any atom is 0.262 e. The summed E-state index contributed by atoms with van der Waals surface area (Å²) in [6.07, 6.45) is 6.34. The van der Waals surface area contributed by atoms with Crippen molar-refractivity contribution in [2.75, 3.05) is 6.54 Å². The molecule has 164 valence electrons. The number of hydrogen-bond donors (Lipinski definition) is 3. The molecule has 1 saturated carbocycles. The molecule has 0 bridgehead atoms. The third kappa shape index (κ3) is 3.78. The van der Waals surface area contributed by atoms with Gasteiger partial charge in [0.2, 0.25) is 11.8 Å². The first-order valence-electron chi connectivity index (χ1n) is 11.3. The Kier molecular flexibility index (Phi) is 5.35. The summed E-state index contributed by atoms with van der Waals surface area (Å²) in [5.74, 6) is -1.13. The summed E-state index contributed by atoms with van der Waals surface area (Å²) in [5.41, 5.74) is 1.62. The van der Waals surface area contributed by atoms with E-state index in [1.54, 1.807) is 12.1 Å². The molecule has 31 heavy (non-hydrogen) atoms. The number of carbonyl (C=O) groups is 4. The molecule has 0 radical (unpaired) electrons. The van der Waals surface area contributed by atoms with Gasteiger partial charge in [-0.25, -0.2) is 0 Å². The van der Waals surface area contributed by atoms with Crippen molar-refractivity contribution >= 4 is 23.6 Å². The summed E-state index contributed by atoms with van der Waals surface area (Å²) < 4.78 is 0. The number of imide groups is 2. The van der Waals surface area contributed by atoms with Crippen molar-refractivity contribution in [3.8, 4) is 0 Å². The molecule has 8 nitrogen and oxygen atoms in total. The Bertz CT molecular complexity index is 946. The molecule has 4 aliphatic rings. The maximum absolute atomic E-state index is 13.0. The van der Waals surface area contributed by atoms with Crippen LogP contribution in [0.15, 0.2) is 18.2 Å². The third-order valence-electron chi connectivity index (χ3n) is 7.24. The van der Waals surface area contributed by atoms with Crippen LogP contribution in [0.1, 0.15) is 71.2 Å². The topological polar surface area (TPSA) is 108 Å². The lowest BCUT2D eigenvalue weighted by Gasteiger charge is -2.40. The fraction of sp³-hybridized carbons (Fsp3) is 0.565. The molecule has 3 heterocycles. The molecule has 8 heteroatoms. The van der Waals surface area contributed by atoms with E-state index in [1.165, 1.54) is 25.7 Å². The number of rotatable bonds is 4. The number of hydrogen-bond acceptors (Lipinski definition) is 6. The van der Waals surface area contributed by atoms with Crippen LogP contribution in [0.5, 0.6) is 0 Å². The number of piperidine rings is 2. The second kappa shape index (κ2) is 8.16. The van der Waals surface area contributed by atoms with Crippen molar-refractivity contribution in [1.29, 1.82) is 0 Å². The van der Waals surface area contributed by atoms with Crippen LogP contribution in [0, 0.1) is 5.92 Å². The van der Waals surface area contributed by atoms with Gasteiger partial charge < -0.3 is 10.6 Å². The molecule has 1 aliphatic carbocycles. The molecule has 5 rings (SSSR count). The van der Waals surface area contributed by atoms with Gasteiger partial charge in [0.15, 0.2) is 0 Å². The van der Waals surface area contributed by atoms with Crippen LogP contribution in [0.3, 0.4) is 0 Å². The normalized spacial score (nSPS) is 30.8. The van der Waals surface area contributed by atoms with Gasteiger partial charge >= 0.3 is 0 Å². The number of nitrogens with zero attached hydrogens (tertiary/aromatic N) is 1. The van der Waals surface area contributed by atoms with E-state index < -0.39 is 23.8 Å². The Balaban J connectivity index is 1.25. The minimum absolute atomic E-state index is 0.123. The first kappa shape index (κ1) is 20.3. The van der Waals surface area contributed by atoms with E-state index in [1.807, 2.05) is 6.07 Å². The lowest BCUT2D eigenvalue weighted by Crippen LogP contribution is -2.54. The largest absolute Gasteiger partial charge is 0.314 e. The van der Waals surface area contributed by atoms with E-state index in [9.17, 15) is 19.2 Å². The Labute approximate surface area is 181 Å². The van der Waals surface area contributed by atoms with Crippen LogP contribution < -0.4 is 16.0 Å². The second-order valence-electron chi connectivity index (χ2n) is 9.18. The van der Waals surface area contributed by atoms with Crippen molar-refractivity contribution < 1.29 is 19.2 Å². The highest BCUT2D eigenvalue weighted by Gasteiger charge is 2.44. The summed E-state index contributed by atoms with van der Waals surface area (Å²) in [6.45, 7) is 1.78. The first-order valence-corrected chi connectivity index (χ1v) is 11.3. The van der Waals surface area contributed by atoms with Crippen molar-refractivity contribution in [2.45, 2.75) is 69.6 Å². The van der Waals surface area contributed by atoms with Gasteiger partial charge in [-0.3, -0.25) is 29.4 Å². The number of benzene rings is 1. The highest BCUT2D eigenvalue weighted by atomic mass is 16.2. The molecular weight excluding hydrogens is 396 g/mol. The van der Waals surface area contributed by atoms with Crippen LogP contribution >= 0.6 is 0 Å². The molecule has 0 aromatic heterocycles. The van der Waals surface area contributed by atoms with Gasteiger partial charge in [-0.1, -0.05) is 6.07 Å². The molecule has 2 saturated heterocycles. The Morgan fingerprint density at radius 3 is 2.68 bits per heavy atom. The molecule has 4 unspecified atom stereocenters. The molecule has 4 atom stereocenters. The van der Waals surface area contributed by atoms with Gasteiger partial charge in [-0.05, 0) is 68.7 Å². The highest BCUT2D eigenvalue weighted by molar-refractivity contribution is 6.23. The van der Waals surface area contributed by atoms with Gasteiger partial charge in [0, 0.05) is 25.0 Å². The van der Waals surface area contributed by atoms with Crippen molar-refractivity contribution in [2.24, 2.45) is 5.92 Å². The van der Waals surface area contributed by atoms with E-state index in [-0.39, 0.29) is 18.7 Å². The number of carbonyl (C=O) groups excluding carboxylic acids is 4. The summed E-state index contributed by atoms with van der Waals surface area (Å²) in [7, 11) is 0. The first-order chi connectivity index (χ1) is 15.0. The molecule has 0 spiro atoms. The average Bonchev–Trinajstić information content (AvgIpc) is 3.02. The molecule has 1 aromatic carbocycles. The van der Waals surface area contributed by atoms with Crippen LogP contribution in [0.25, 0.3) is 0 Å². The second-order valence-corrected chi connectivity index (χ2v) is 9.18. The molecule has 3 N–H and O–H groups in total. The third-order valence-corrected chi connectivity index (χ3v) is 7.24. The van der Waals surface area contributed by atoms with Crippen molar-refractivity contribution in [3.05, 3.63) is 34.9 Å². The summed E-state index contributed by atoms with van der Waals surface area (Å²) >= 11 is 0. The Morgan fingerprint density at radius 1 is 1.00 bits per heavy atom. The smallest absolute Gasteiger partial charge is 0.262 e. The molecule has 3 aliphatic heterocycles. The van der Waals surface area contributed by atoms with Crippen molar-refractivity contribution in [3.63, 3.8) is 0 Å². The molecule has 4 amide bonds. The van der Waals surface area contributed by atoms with Gasteiger partial charge in [-0.2, -0.15) is 0 Å². The fourth-order valence-electron chi connectivity index (χ4n) is 5.58. The minimum Gasteiger partial charge on any atom is -0.314 e. The number of fused-ring (bicyclic) bond motifs is 2. The van der Waals surface area contributed by atoms with E-state index in [0.29, 0.717) is 29.8 Å². The zero-order valence-corrected chi connectivity index (χ0v) is 17.5. The van der Waals surface area contributed by atoms with E-state index in [2.05, 4.69) is 16.0 Å². The summed E-state index contributed by atoms with van der Waals surface area (Å²) in [4.78, 5) is 50.4. The highest BCUT2D eigenvalue weighted by Crippen LogP contribution is 2.31. The number of nitrogens with one attached hydrogen (secondary N) is 3. The average molecular weight is 425 g/mol. The lowest BCUT2D eigenvalue weighted by atomic mass is 9.77. The van der Waals surface area contributed by atoms with Crippen molar-refractivity contribution in [1.82, 2.24) is 20.9 Å². The Hall–Kier alpha value is -2.58. The fourth-order valence-corrected chi connectivity index (χ4v) is 5.58. The zero-order valence-electron chi connectivity index (χ0n) is 17.5. The molecule has 3 fully saturated rings. The van der Waals surface area contributed by atoms with Gasteiger partial charge in [0.1, 0.15) is 6.04 Å². The predicted octanol–water partition coefficient (Wildman–Crippen LogP) is 1.10.